The maximum atomic E-state index is 12.7. The highest BCUT2D eigenvalue weighted by atomic mass is 35.5. The molecule has 0 amide bonds. The molecule has 8 heteroatoms. The van der Waals surface area contributed by atoms with Crippen LogP contribution in [0.25, 0.3) is 0 Å². The highest BCUT2D eigenvalue weighted by Gasteiger charge is 2.56. The maximum Gasteiger partial charge on any atom is 0.338 e. The molecule has 0 spiro atoms. The van der Waals surface area contributed by atoms with Gasteiger partial charge in [0, 0.05) is 47.3 Å². The van der Waals surface area contributed by atoms with Gasteiger partial charge in [0.05, 0.1) is 18.2 Å². The number of rotatable bonds is 6. The van der Waals surface area contributed by atoms with Crippen molar-refractivity contribution in [2.45, 2.75) is 72.0 Å². The van der Waals surface area contributed by atoms with Crippen LogP contribution < -0.4 is 10.6 Å². The number of hydrogen-bond donors (Lipinski definition) is 2. The number of nitrogens with zero attached hydrogens (tertiary/aromatic N) is 2. The lowest BCUT2D eigenvalue weighted by Crippen LogP contribution is -2.59. The molecule has 1 heterocycles. The molecule has 40 heavy (non-hydrogen) atoms. The normalized spacial score (nSPS) is 29.5. The molecule has 6 nitrogen and oxygen atoms in total. The van der Waals surface area contributed by atoms with Gasteiger partial charge in [-0.3, -0.25) is 0 Å². The number of anilines is 1. The van der Waals surface area contributed by atoms with E-state index in [1.54, 1.807) is 12.1 Å². The van der Waals surface area contributed by atoms with E-state index < -0.39 is 0 Å². The summed E-state index contributed by atoms with van der Waals surface area (Å²) < 4.78 is 5.51. The minimum atomic E-state index is -0.354. The Kier molecular flexibility index (Phi) is 8.70. The maximum absolute atomic E-state index is 12.7. The van der Waals surface area contributed by atoms with E-state index in [9.17, 15) is 4.79 Å². The van der Waals surface area contributed by atoms with Crippen LogP contribution in [0, 0.1) is 23.2 Å². The summed E-state index contributed by atoms with van der Waals surface area (Å²) in [5.74, 6) is 2.64. The Bertz CT molecular complexity index is 1240. The van der Waals surface area contributed by atoms with Gasteiger partial charge in [0.15, 0.2) is 5.96 Å². The molecule has 3 saturated carbocycles. The quantitative estimate of drug-likeness (QED) is 0.219. The van der Waals surface area contributed by atoms with Gasteiger partial charge in [0.2, 0.25) is 0 Å². The summed E-state index contributed by atoms with van der Waals surface area (Å²) in [4.78, 5) is 20.4. The number of esters is 1. The van der Waals surface area contributed by atoms with Crippen LogP contribution in [-0.2, 0) is 11.2 Å². The highest BCUT2D eigenvalue weighted by molar-refractivity contribution is 6.35. The van der Waals surface area contributed by atoms with Crippen molar-refractivity contribution in [2.75, 3.05) is 25.0 Å². The molecule has 2 aromatic carbocycles. The number of piperazine rings is 1. The molecule has 4 aliphatic rings. The number of aliphatic imine (C=N–C) groups is 1. The molecule has 1 saturated heterocycles. The predicted octanol–water partition coefficient (Wildman–Crippen LogP) is 6.91. The number of fused-ring (bicyclic) bond motifs is 2. The third-order valence-electron chi connectivity index (χ3n) is 9.46. The molecule has 216 valence electrons. The summed E-state index contributed by atoms with van der Waals surface area (Å²) in [6.45, 7) is 13.7. The molecule has 2 N–H and O–H groups in total. The lowest BCUT2D eigenvalue weighted by molar-refractivity contribution is -0.108. The van der Waals surface area contributed by atoms with Crippen LogP contribution in [0.3, 0.4) is 0 Å². The van der Waals surface area contributed by atoms with Gasteiger partial charge < -0.3 is 20.3 Å². The Hall–Kier alpha value is -2.28. The van der Waals surface area contributed by atoms with E-state index in [1.165, 1.54) is 6.42 Å². The summed E-state index contributed by atoms with van der Waals surface area (Å²) in [7, 11) is 0. The Morgan fingerprint density at radius 2 is 1.77 bits per heavy atom. The average Bonchev–Trinajstić information content (AvgIpc) is 2.90. The van der Waals surface area contributed by atoms with Crippen molar-refractivity contribution in [3.05, 3.63) is 63.6 Å². The minimum Gasteiger partial charge on any atom is -0.462 e. The Labute approximate surface area is 248 Å². The number of guanidine groups is 1. The van der Waals surface area contributed by atoms with Gasteiger partial charge in [-0.1, -0.05) is 50.0 Å². The van der Waals surface area contributed by atoms with Crippen molar-refractivity contribution in [3.8, 4) is 0 Å². The first-order valence-electron chi connectivity index (χ1n) is 14.6. The second kappa shape index (κ2) is 11.9. The monoisotopic (exact) mass is 584 g/mol. The summed E-state index contributed by atoms with van der Waals surface area (Å²) in [5, 5.41) is 8.41. The van der Waals surface area contributed by atoms with E-state index >= 15 is 0 Å². The highest BCUT2D eigenvalue weighted by Crippen LogP contribution is 2.61. The fourth-order valence-corrected chi connectivity index (χ4v) is 7.53. The molecule has 0 radical (unpaired) electrons. The molecule has 4 fully saturated rings. The van der Waals surface area contributed by atoms with Gasteiger partial charge in [-0.15, -0.1) is 0 Å². The van der Waals surface area contributed by atoms with E-state index in [2.05, 4.69) is 50.2 Å². The largest absolute Gasteiger partial charge is 0.462 e. The van der Waals surface area contributed by atoms with E-state index in [0.717, 1.165) is 48.6 Å². The number of carbonyl (C=O) groups is 1. The lowest BCUT2D eigenvalue weighted by Gasteiger charge is -2.61. The molecule has 2 aromatic rings. The van der Waals surface area contributed by atoms with Crippen molar-refractivity contribution in [2.24, 2.45) is 28.2 Å². The summed E-state index contributed by atoms with van der Waals surface area (Å²) in [6.07, 6.45) is 3.02. The topological polar surface area (TPSA) is 66.0 Å². The summed E-state index contributed by atoms with van der Waals surface area (Å²) in [6, 6.07) is 13.9. The Morgan fingerprint density at radius 1 is 1.07 bits per heavy atom. The van der Waals surface area contributed by atoms with E-state index in [4.69, 9.17) is 32.9 Å². The fourth-order valence-electron chi connectivity index (χ4n) is 7.02. The predicted molar refractivity (Wildman–Crippen MR) is 165 cm³/mol. The van der Waals surface area contributed by atoms with Gasteiger partial charge >= 0.3 is 5.97 Å². The van der Waals surface area contributed by atoms with Crippen molar-refractivity contribution in [1.82, 2.24) is 10.2 Å². The molecular weight excluding hydrogens is 543 g/mol. The first kappa shape index (κ1) is 29.2. The van der Waals surface area contributed by atoms with Crippen LogP contribution >= 0.6 is 23.2 Å². The molecule has 1 aliphatic heterocycles. The Morgan fingerprint density at radius 3 is 2.40 bits per heavy atom. The van der Waals surface area contributed by atoms with Crippen LogP contribution in [0.5, 0.6) is 0 Å². The number of benzene rings is 2. The smallest absolute Gasteiger partial charge is 0.338 e. The van der Waals surface area contributed by atoms with Gasteiger partial charge in [0.25, 0.3) is 0 Å². The van der Waals surface area contributed by atoms with Gasteiger partial charge in [-0.2, -0.15) is 0 Å². The molecular formula is C32H42Cl2N4O2. The van der Waals surface area contributed by atoms with E-state index in [1.807, 2.05) is 30.3 Å². The average molecular weight is 586 g/mol. The zero-order chi connectivity index (χ0) is 28.6. The number of halogens is 2. The minimum absolute atomic E-state index is 0.245. The van der Waals surface area contributed by atoms with Gasteiger partial charge in [-0.05, 0) is 91.8 Å². The second-order valence-electron chi connectivity index (χ2n) is 12.7. The molecule has 0 unspecified atom stereocenters. The zero-order valence-electron chi connectivity index (χ0n) is 24.2. The second-order valence-corrected chi connectivity index (χ2v) is 13.5. The van der Waals surface area contributed by atoms with Crippen LogP contribution in [0.15, 0.2) is 47.5 Å². The third kappa shape index (κ3) is 6.29. The number of nitrogens with one attached hydrogen (secondary N) is 2. The number of carbonyl (C=O) groups excluding carboxylic acids is 1. The summed E-state index contributed by atoms with van der Waals surface area (Å²) >= 11 is 12.2. The van der Waals surface area contributed by atoms with Crippen molar-refractivity contribution in [1.29, 1.82) is 0 Å². The van der Waals surface area contributed by atoms with Crippen LogP contribution in [0.2, 0.25) is 10.0 Å². The standard InChI is InChI=1S/C32H42Cl2N4O2/c1-19-17-38(18-20(2)35-19)31(37-29-15-24-14-27(21(29)3)32(24,4)5)36-26-10-7-23(8-11-26)30(39)40-13-12-22-6-9-25(33)16-28(22)34/h6-11,16,19-21,24,27,29,35H,12-15,17-18H2,1-5H3,(H,36,37)/t19-,20+,21-,24-,27+,29-/m0/s1. The number of ether oxygens (including phenoxy) is 1. The SMILES string of the molecule is C[C@@H]1[C@@H](N=C(Nc2ccc(C(=O)OCCc3ccc(Cl)cc3Cl)cc2)N2C[C@@H](C)N[C@@H](C)C2)C[C@@H]2C[C@H]1C2(C)C. The van der Waals surface area contributed by atoms with Crippen LogP contribution in [0.4, 0.5) is 5.69 Å². The molecule has 3 aliphatic carbocycles. The summed E-state index contributed by atoms with van der Waals surface area (Å²) in [5.41, 5.74) is 2.76. The van der Waals surface area contributed by atoms with Gasteiger partial charge in [0.1, 0.15) is 0 Å². The Balaban J connectivity index is 1.25. The third-order valence-corrected chi connectivity index (χ3v) is 10.0. The van der Waals surface area contributed by atoms with E-state index in [-0.39, 0.29) is 12.6 Å². The first-order valence-corrected chi connectivity index (χ1v) is 15.3. The lowest BCUT2D eigenvalue weighted by atomic mass is 9.45. The van der Waals surface area contributed by atoms with Gasteiger partial charge in [-0.25, -0.2) is 9.79 Å². The van der Waals surface area contributed by atoms with E-state index in [0.29, 0.717) is 51.5 Å². The van der Waals surface area contributed by atoms with Crippen molar-refractivity contribution in [3.63, 3.8) is 0 Å². The molecule has 6 rings (SSSR count). The van der Waals surface area contributed by atoms with Crippen LogP contribution in [0.1, 0.15) is 63.4 Å². The van der Waals surface area contributed by atoms with Crippen LogP contribution in [-0.4, -0.2) is 54.7 Å². The number of hydrogen-bond acceptors (Lipinski definition) is 4. The van der Waals surface area contributed by atoms with Crippen molar-refractivity contribution < 1.29 is 9.53 Å². The first-order chi connectivity index (χ1) is 19.0. The fraction of sp³-hybridized carbons (Fsp3) is 0.562. The zero-order valence-corrected chi connectivity index (χ0v) is 25.7. The van der Waals surface area contributed by atoms with Crippen molar-refractivity contribution >= 4 is 40.8 Å². The molecule has 0 aromatic heterocycles. The molecule has 6 atom stereocenters. The molecule has 2 bridgehead atoms.